The molecule has 0 aromatic heterocycles. The summed E-state index contributed by atoms with van der Waals surface area (Å²) in [5, 5.41) is 5.49. The number of carbonyl (C=O) groups is 1. The standard InChI is InChI=1S/C8H16N2O.C2H6/c1-6-4-3-5-7(6)10-8(11)9-2;1-2/h6-7H,3-5H2,1-2H3,(H2,9,10,11);1-2H3. The Morgan fingerprint density at radius 1 is 1.31 bits per heavy atom. The van der Waals surface area contributed by atoms with Gasteiger partial charge < -0.3 is 10.6 Å². The van der Waals surface area contributed by atoms with Crippen molar-refractivity contribution in [1.82, 2.24) is 10.6 Å². The van der Waals surface area contributed by atoms with Crippen LogP contribution in [0.3, 0.4) is 0 Å². The van der Waals surface area contributed by atoms with Gasteiger partial charge in [-0.2, -0.15) is 0 Å². The van der Waals surface area contributed by atoms with E-state index in [1.807, 2.05) is 13.8 Å². The summed E-state index contributed by atoms with van der Waals surface area (Å²) < 4.78 is 0. The van der Waals surface area contributed by atoms with Crippen LogP contribution in [0, 0.1) is 5.92 Å². The summed E-state index contributed by atoms with van der Waals surface area (Å²) in [6.45, 7) is 6.19. The smallest absolute Gasteiger partial charge is 0.314 e. The Balaban J connectivity index is 0.000000671. The second kappa shape index (κ2) is 6.75. The molecule has 78 valence electrons. The van der Waals surface area contributed by atoms with Crippen LogP contribution >= 0.6 is 0 Å². The topological polar surface area (TPSA) is 41.1 Å². The first-order valence-electron chi connectivity index (χ1n) is 5.22. The van der Waals surface area contributed by atoms with Crippen LogP contribution in [0.15, 0.2) is 0 Å². The lowest BCUT2D eigenvalue weighted by molar-refractivity contribution is 0.236. The molecule has 0 radical (unpaired) electrons. The summed E-state index contributed by atoms with van der Waals surface area (Å²) in [5.74, 6) is 0.646. The lowest BCUT2D eigenvalue weighted by atomic mass is 10.1. The highest BCUT2D eigenvalue weighted by atomic mass is 16.2. The second-order valence-electron chi connectivity index (χ2n) is 3.24. The molecular weight excluding hydrogens is 164 g/mol. The molecule has 1 aliphatic carbocycles. The maximum Gasteiger partial charge on any atom is 0.314 e. The monoisotopic (exact) mass is 186 g/mol. The Morgan fingerprint density at radius 2 is 1.92 bits per heavy atom. The van der Waals surface area contributed by atoms with E-state index in [0.29, 0.717) is 12.0 Å². The van der Waals surface area contributed by atoms with Crippen molar-refractivity contribution in [3.63, 3.8) is 0 Å². The Morgan fingerprint density at radius 3 is 2.31 bits per heavy atom. The van der Waals surface area contributed by atoms with E-state index in [9.17, 15) is 4.79 Å². The van der Waals surface area contributed by atoms with Gasteiger partial charge in [0.1, 0.15) is 0 Å². The molecule has 13 heavy (non-hydrogen) atoms. The molecule has 2 amide bonds. The van der Waals surface area contributed by atoms with Crippen molar-refractivity contribution in [3.05, 3.63) is 0 Å². The van der Waals surface area contributed by atoms with Crippen molar-refractivity contribution >= 4 is 6.03 Å². The van der Waals surface area contributed by atoms with Crippen molar-refractivity contribution in [2.45, 2.75) is 46.1 Å². The lowest BCUT2D eigenvalue weighted by Crippen LogP contribution is -2.41. The van der Waals surface area contributed by atoms with Crippen LogP contribution in [0.4, 0.5) is 4.79 Å². The SMILES string of the molecule is CC.CNC(=O)NC1CCCC1C. The largest absolute Gasteiger partial charge is 0.341 e. The highest BCUT2D eigenvalue weighted by Gasteiger charge is 2.23. The first-order valence-corrected chi connectivity index (χ1v) is 5.22. The zero-order chi connectivity index (χ0) is 10.3. The molecule has 0 heterocycles. The summed E-state index contributed by atoms with van der Waals surface area (Å²) in [6.07, 6.45) is 3.62. The third-order valence-corrected chi connectivity index (χ3v) is 2.41. The zero-order valence-electron chi connectivity index (χ0n) is 9.18. The molecule has 1 saturated carbocycles. The molecule has 0 aromatic rings. The molecule has 3 nitrogen and oxygen atoms in total. The molecule has 0 saturated heterocycles. The fraction of sp³-hybridized carbons (Fsp3) is 0.900. The number of rotatable bonds is 1. The second-order valence-corrected chi connectivity index (χ2v) is 3.24. The van der Waals surface area contributed by atoms with Gasteiger partial charge in [0.25, 0.3) is 0 Å². The van der Waals surface area contributed by atoms with Gasteiger partial charge >= 0.3 is 6.03 Å². The number of hydrogen-bond acceptors (Lipinski definition) is 1. The summed E-state index contributed by atoms with van der Waals surface area (Å²) in [5.41, 5.74) is 0. The normalized spacial score (nSPS) is 25.8. The highest BCUT2D eigenvalue weighted by molar-refractivity contribution is 5.73. The maximum atomic E-state index is 10.9. The van der Waals surface area contributed by atoms with Gasteiger partial charge in [-0.05, 0) is 18.8 Å². The minimum Gasteiger partial charge on any atom is -0.341 e. The number of amides is 2. The minimum absolute atomic E-state index is 0.0521. The van der Waals surface area contributed by atoms with E-state index in [-0.39, 0.29) is 6.03 Å². The highest BCUT2D eigenvalue weighted by Crippen LogP contribution is 2.24. The quantitative estimate of drug-likeness (QED) is 0.647. The van der Waals surface area contributed by atoms with Crippen molar-refractivity contribution in [2.75, 3.05) is 7.05 Å². The van der Waals surface area contributed by atoms with Crippen LogP contribution in [0.5, 0.6) is 0 Å². The van der Waals surface area contributed by atoms with Crippen LogP contribution < -0.4 is 10.6 Å². The van der Waals surface area contributed by atoms with Gasteiger partial charge in [0.2, 0.25) is 0 Å². The molecule has 2 N–H and O–H groups in total. The fourth-order valence-corrected chi connectivity index (χ4v) is 1.60. The van der Waals surface area contributed by atoms with Gasteiger partial charge in [0.05, 0.1) is 0 Å². The van der Waals surface area contributed by atoms with Crippen molar-refractivity contribution in [3.8, 4) is 0 Å². The Bertz CT molecular complexity index is 148. The molecular formula is C10H22N2O. The molecule has 3 heteroatoms. The molecule has 0 bridgehead atoms. The van der Waals surface area contributed by atoms with Crippen LogP contribution in [0.1, 0.15) is 40.0 Å². The van der Waals surface area contributed by atoms with Gasteiger partial charge in [-0.1, -0.05) is 27.2 Å². The third-order valence-electron chi connectivity index (χ3n) is 2.41. The van der Waals surface area contributed by atoms with E-state index in [1.54, 1.807) is 7.05 Å². The molecule has 1 rings (SSSR count). The van der Waals surface area contributed by atoms with Gasteiger partial charge in [-0.25, -0.2) is 4.79 Å². The van der Waals surface area contributed by atoms with Crippen LogP contribution in [0.25, 0.3) is 0 Å². The van der Waals surface area contributed by atoms with E-state index >= 15 is 0 Å². The predicted octanol–water partition coefficient (Wildman–Crippen LogP) is 2.13. The van der Waals surface area contributed by atoms with E-state index < -0.39 is 0 Å². The van der Waals surface area contributed by atoms with Crippen LogP contribution in [-0.2, 0) is 0 Å². The molecule has 0 spiro atoms. The fourth-order valence-electron chi connectivity index (χ4n) is 1.60. The Labute approximate surface area is 81.3 Å². The summed E-state index contributed by atoms with van der Waals surface area (Å²) in [6, 6.07) is 0.346. The average molecular weight is 186 g/mol. The zero-order valence-corrected chi connectivity index (χ0v) is 9.18. The first kappa shape index (κ1) is 12.3. The average Bonchev–Trinajstić information content (AvgIpc) is 2.55. The van der Waals surface area contributed by atoms with Crippen LogP contribution in [-0.4, -0.2) is 19.1 Å². The predicted molar refractivity (Wildman–Crippen MR) is 55.7 cm³/mol. The summed E-state index contributed by atoms with van der Waals surface area (Å²) in [4.78, 5) is 10.9. The molecule has 2 unspecified atom stereocenters. The summed E-state index contributed by atoms with van der Waals surface area (Å²) >= 11 is 0. The number of hydrogen-bond donors (Lipinski definition) is 2. The lowest BCUT2D eigenvalue weighted by Gasteiger charge is -2.16. The van der Waals surface area contributed by atoms with Crippen molar-refractivity contribution in [1.29, 1.82) is 0 Å². The Kier molecular flexibility index (Phi) is 6.37. The van der Waals surface area contributed by atoms with Gasteiger partial charge in [-0.15, -0.1) is 0 Å². The van der Waals surface area contributed by atoms with Crippen LogP contribution in [0.2, 0.25) is 0 Å². The molecule has 0 aromatic carbocycles. The number of carbonyl (C=O) groups excluding carboxylic acids is 1. The van der Waals surface area contributed by atoms with E-state index in [2.05, 4.69) is 17.6 Å². The summed E-state index contributed by atoms with van der Waals surface area (Å²) in [7, 11) is 1.65. The minimum atomic E-state index is -0.0521. The number of urea groups is 1. The van der Waals surface area contributed by atoms with E-state index in [1.165, 1.54) is 12.8 Å². The first-order chi connectivity index (χ1) is 6.24. The van der Waals surface area contributed by atoms with Gasteiger partial charge in [0, 0.05) is 13.1 Å². The number of nitrogens with one attached hydrogen (secondary N) is 2. The molecule has 0 aliphatic heterocycles. The van der Waals surface area contributed by atoms with Crippen molar-refractivity contribution in [2.24, 2.45) is 5.92 Å². The van der Waals surface area contributed by atoms with E-state index in [0.717, 1.165) is 6.42 Å². The van der Waals surface area contributed by atoms with Gasteiger partial charge in [-0.3, -0.25) is 0 Å². The molecule has 2 atom stereocenters. The van der Waals surface area contributed by atoms with Crippen molar-refractivity contribution < 1.29 is 4.79 Å². The molecule has 1 aliphatic rings. The van der Waals surface area contributed by atoms with Gasteiger partial charge in [0.15, 0.2) is 0 Å². The van der Waals surface area contributed by atoms with E-state index in [4.69, 9.17) is 0 Å². The third kappa shape index (κ3) is 4.15. The molecule has 1 fully saturated rings. The maximum absolute atomic E-state index is 10.9. The Hall–Kier alpha value is -0.730.